The van der Waals surface area contributed by atoms with Gasteiger partial charge in [0.05, 0.1) is 16.9 Å². The van der Waals surface area contributed by atoms with Gasteiger partial charge in [0.2, 0.25) is 0 Å². The second kappa shape index (κ2) is 8.03. The molecule has 1 aliphatic rings. The van der Waals surface area contributed by atoms with E-state index >= 15 is 0 Å². The number of carbonyl (C=O) groups is 2. The molecular formula is C22H25N5O2. The Balaban J connectivity index is 1.71. The zero-order valence-corrected chi connectivity index (χ0v) is 16.8. The molecule has 0 fully saturated rings. The second-order valence-electron chi connectivity index (χ2n) is 7.15. The van der Waals surface area contributed by atoms with Crippen LogP contribution in [0.1, 0.15) is 53.5 Å². The Hall–Kier alpha value is -3.22. The van der Waals surface area contributed by atoms with Crippen LogP contribution in [0.25, 0.3) is 10.9 Å². The number of nitrogens with one attached hydrogen (secondary N) is 1. The van der Waals surface area contributed by atoms with Crippen molar-refractivity contribution in [2.45, 2.75) is 39.7 Å². The summed E-state index contributed by atoms with van der Waals surface area (Å²) in [6.45, 7) is 5.83. The van der Waals surface area contributed by atoms with Crippen molar-refractivity contribution >= 4 is 28.4 Å². The lowest BCUT2D eigenvalue weighted by Gasteiger charge is -2.20. The third-order valence-electron chi connectivity index (χ3n) is 5.46. The fourth-order valence-electron chi connectivity index (χ4n) is 3.93. The zero-order valence-electron chi connectivity index (χ0n) is 16.8. The molecule has 3 heterocycles. The first kappa shape index (κ1) is 19.1. The van der Waals surface area contributed by atoms with Gasteiger partial charge in [0.25, 0.3) is 11.8 Å². The molecule has 0 saturated heterocycles. The first-order valence-corrected chi connectivity index (χ1v) is 10.2. The molecule has 0 aliphatic carbocycles. The maximum atomic E-state index is 13.1. The number of benzene rings is 1. The first-order valence-electron chi connectivity index (χ1n) is 10.2. The number of fused-ring (bicyclic) bond motifs is 2. The monoisotopic (exact) mass is 391 g/mol. The Morgan fingerprint density at radius 2 is 1.93 bits per heavy atom. The van der Waals surface area contributed by atoms with Gasteiger partial charge in [-0.3, -0.25) is 14.6 Å². The van der Waals surface area contributed by atoms with Gasteiger partial charge < -0.3 is 14.8 Å². The van der Waals surface area contributed by atoms with E-state index in [-0.39, 0.29) is 11.8 Å². The number of pyridine rings is 1. The van der Waals surface area contributed by atoms with Gasteiger partial charge in [-0.15, -0.1) is 0 Å². The number of imidazole rings is 1. The van der Waals surface area contributed by atoms with Gasteiger partial charge in [-0.25, -0.2) is 4.98 Å². The van der Waals surface area contributed by atoms with Crippen molar-refractivity contribution < 1.29 is 9.59 Å². The summed E-state index contributed by atoms with van der Waals surface area (Å²) in [5, 5.41) is 3.90. The highest BCUT2D eigenvalue weighted by Gasteiger charge is 2.29. The fraction of sp³-hybridized carbons (Fsp3) is 0.364. The molecule has 7 nitrogen and oxygen atoms in total. The lowest BCUT2D eigenvalue weighted by molar-refractivity contribution is 0.0766. The van der Waals surface area contributed by atoms with Gasteiger partial charge in [0.1, 0.15) is 5.69 Å². The van der Waals surface area contributed by atoms with E-state index in [2.05, 4.69) is 15.3 Å². The smallest absolute Gasteiger partial charge is 0.291 e. The molecule has 0 saturated carbocycles. The van der Waals surface area contributed by atoms with Gasteiger partial charge in [0.15, 0.2) is 5.82 Å². The summed E-state index contributed by atoms with van der Waals surface area (Å²) < 4.78 is 1.91. The third kappa shape index (κ3) is 3.48. The minimum absolute atomic E-state index is 0.105. The van der Waals surface area contributed by atoms with E-state index in [4.69, 9.17) is 0 Å². The molecule has 29 heavy (non-hydrogen) atoms. The molecule has 2 aromatic heterocycles. The van der Waals surface area contributed by atoms with Crippen LogP contribution in [-0.2, 0) is 13.0 Å². The Kier molecular flexibility index (Phi) is 5.29. The maximum Gasteiger partial charge on any atom is 0.291 e. The largest absolute Gasteiger partial charge is 0.338 e. The van der Waals surface area contributed by atoms with Crippen LogP contribution >= 0.6 is 0 Å². The molecule has 0 atom stereocenters. The van der Waals surface area contributed by atoms with E-state index in [1.807, 2.05) is 48.7 Å². The fourth-order valence-corrected chi connectivity index (χ4v) is 3.93. The summed E-state index contributed by atoms with van der Waals surface area (Å²) in [6.07, 6.45) is 4.44. The Bertz CT molecular complexity index is 1060. The number of carbonyl (C=O) groups excluding carboxylic acids is 2. The number of para-hydroxylation sites is 1. The highest BCUT2D eigenvalue weighted by atomic mass is 16.2. The van der Waals surface area contributed by atoms with E-state index in [0.717, 1.165) is 35.9 Å². The number of rotatable bonds is 5. The summed E-state index contributed by atoms with van der Waals surface area (Å²) in [5.41, 5.74) is 2.65. The van der Waals surface area contributed by atoms with Crippen molar-refractivity contribution in [2.24, 2.45) is 0 Å². The van der Waals surface area contributed by atoms with E-state index in [0.29, 0.717) is 36.8 Å². The van der Waals surface area contributed by atoms with Crippen molar-refractivity contribution in [3.05, 3.63) is 53.7 Å². The van der Waals surface area contributed by atoms with Crippen molar-refractivity contribution in [3.63, 3.8) is 0 Å². The number of hydrogen-bond acceptors (Lipinski definition) is 4. The third-order valence-corrected chi connectivity index (χ3v) is 5.46. The number of anilines is 1. The molecule has 0 unspecified atom stereocenters. The molecule has 2 amide bonds. The molecule has 7 heteroatoms. The first-order chi connectivity index (χ1) is 14.1. The van der Waals surface area contributed by atoms with Gasteiger partial charge in [-0.2, -0.15) is 0 Å². The van der Waals surface area contributed by atoms with Gasteiger partial charge in [-0.05, 0) is 45.2 Å². The van der Waals surface area contributed by atoms with Crippen LogP contribution in [0.15, 0.2) is 36.5 Å². The molecule has 150 valence electrons. The molecule has 1 aromatic carbocycles. The van der Waals surface area contributed by atoms with Crippen LogP contribution in [0, 0.1) is 0 Å². The van der Waals surface area contributed by atoms with Crippen LogP contribution in [0.4, 0.5) is 5.69 Å². The summed E-state index contributed by atoms with van der Waals surface area (Å²) in [7, 11) is 0. The minimum Gasteiger partial charge on any atom is -0.338 e. The van der Waals surface area contributed by atoms with Crippen molar-refractivity contribution in [1.29, 1.82) is 0 Å². The highest BCUT2D eigenvalue weighted by molar-refractivity contribution is 6.07. The minimum atomic E-state index is -0.315. The summed E-state index contributed by atoms with van der Waals surface area (Å²) in [4.78, 5) is 36.7. The lowest BCUT2D eigenvalue weighted by Crippen LogP contribution is -2.31. The topological polar surface area (TPSA) is 80.1 Å². The van der Waals surface area contributed by atoms with Gasteiger partial charge in [0, 0.05) is 31.2 Å². The summed E-state index contributed by atoms with van der Waals surface area (Å²) in [6, 6.07) is 9.49. The zero-order chi connectivity index (χ0) is 20.4. The molecule has 1 N–H and O–H groups in total. The van der Waals surface area contributed by atoms with Crippen LogP contribution in [0.3, 0.4) is 0 Å². The SMILES string of the molecule is CCN(CC)C(=O)c1nc(C(=O)Nc2cccc3cccnc23)n2c1CCCC2. The van der Waals surface area contributed by atoms with Crippen molar-refractivity contribution in [1.82, 2.24) is 19.4 Å². The summed E-state index contributed by atoms with van der Waals surface area (Å²) in [5.74, 6) is -0.125. The Morgan fingerprint density at radius 3 is 2.72 bits per heavy atom. The van der Waals surface area contributed by atoms with Gasteiger partial charge in [-0.1, -0.05) is 18.2 Å². The standard InChI is InChI=1S/C22H25N5O2/c1-3-26(4-2)22(29)19-17-12-5-6-14-27(17)20(25-19)21(28)24-16-11-7-9-15-10-8-13-23-18(15)16/h7-11,13H,3-6,12,14H2,1-2H3,(H,24,28). The molecule has 4 rings (SSSR count). The summed E-state index contributed by atoms with van der Waals surface area (Å²) >= 11 is 0. The number of hydrogen-bond donors (Lipinski definition) is 1. The molecule has 1 aliphatic heterocycles. The predicted molar refractivity (Wildman–Crippen MR) is 112 cm³/mol. The quantitative estimate of drug-likeness (QED) is 0.722. The highest BCUT2D eigenvalue weighted by Crippen LogP contribution is 2.25. The normalized spacial score (nSPS) is 13.2. The van der Waals surface area contributed by atoms with Crippen molar-refractivity contribution in [3.8, 4) is 0 Å². The number of amides is 2. The van der Waals surface area contributed by atoms with E-state index in [9.17, 15) is 9.59 Å². The lowest BCUT2D eigenvalue weighted by atomic mass is 10.1. The van der Waals surface area contributed by atoms with Crippen molar-refractivity contribution in [2.75, 3.05) is 18.4 Å². The Labute approximate surface area is 169 Å². The van der Waals surface area contributed by atoms with E-state index in [1.165, 1.54) is 0 Å². The molecule has 0 bridgehead atoms. The average molecular weight is 391 g/mol. The van der Waals surface area contributed by atoms with E-state index < -0.39 is 0 Å². The van der Waals surface area contributed by atoms with Crippen LogP contribution in [0.2, 0.25) is 0 Å². The van der Waals surface area contributed by atoms with Crippen LogP contribution < -0.4 is 5.32 Å². The molecular weight excluding hydrogens is 366 g/mol. The number of nitrogens with zero attached hydrogens (tertiary/aromatic N) is 4. The predicted octanol–water partition coefficient (Wildman–Crippen LogP) is 3.50. The maximum absolute atomic E-state index is 13.1. The van der Waals surface area contributed by atoms with E-state index in [1.54, 1.807) is 11.1 Å². The molecule has 0 radical (unpaired) electrons. The molecule has 0 spiro atoms. The van der Waals surface area contributed by atoms with Crippen LogP contribution in [-0.4, -0.2) is 44.3 Å². The van der Waals surface area contributed by atoms with Gasteiger partial charge >= 0.3 is 0 Å². The molecule has 3 aromatic rings. The average Bonchev–Trinajstić information content (AvgIpc) is 3.15. The second-order valence-corrected chi connectivity index (χ2v) is 7.15. The Morgan fingerprint density at radius 1 is 1.14 bits per heavy atom. The number of aromatic nitrogens is 3. The van der Waals surface area contributed by atoms with Crippen LogP contribution in [0.5, 0.6) is 0 Å².